The van der Waals surface area contributed by atoms with Crippen molar-refractivity contribution in [1.29, 1.82) is 0 Å². The van der Waals surface area contributed by atoms with Crippen LogP contribution >= 0.6 is 11.6 Å². The topological polar surface area (TPSA) is 33.4 Å². The van der Waals surface area contributed by atoms with Gasteiger partial charge in [0.2, 0.25) is 0 Å². The van der Waals surface area contributed by atoms with E-state index >= 15 is 0 Å². The van der Waals surface area contributed by atoms with Gasteiger partial charge in [0.15, 0.2) is 0 Å². The molecule has 1 aromatic heterocycles. The third-order valence-corrected chi connectivity index (χ3v) is 7.37. The van der Waals surface area contributed by atoms with Crippen molar-refractivity contribution in [3.8, 4) is 11.1 Å². The third-order valence-electron chi connectivity index (χ3n) is 7.25. The molecule has 0 fully saturated rings. The van der Waals surface area contributed by atoms with Crippen LogP contribution in [-0.2, 0) is 5.41 Å². The number of allylic oxidation sites excluding steroid dienone is 4. The molecule has 2 nitrogen and oxygen atoms in total. The molecule has 3 aromatic carbocycles. The molecule has 0 bridgehead atoms. The number of fused-ring (bicyclic) bond motifs is 7. The Kier molecular flexibility index (Phi) is 5.16. The minimum absolute atomic E-state index is 0.193. The van der Waals surface area contributed by atoms with Gasteiger partial charge in [-0.3, -0.25) is 0 Å². The summed E-state index contributed by atoms with van der Waals surface area (Å²) in [5, 5.41) is 13.5. The molecule has 3 heteroatoms. The number of rotatable bonds is 4. The van der Waals surface area contributed by atoms with Gasteiger partial charge in [0.25, 0.3) is 0 Å². The van der Waals surface area contributed by atoms with Crippen molar-refractivity contribution in [1.82, 2.24) is 0 Å². The summed E-state index contributed by atoms with van der Waals surface area (Å²) in [4.78, 5) is 0. The van der Waals surface area contributed by atoms with E-state index in [1.54, 1.807) is 19.9 Å². The molecular formula is C31H29ClO2. The second-order valence-corrected chi connectivity index (χ2v) is 10.7. The standard InChI is InChI=1S/C31H29ClO2/c1-18(32)11-13-21(19(2)31(5,6)33)20-12-14-24-26(17-20)30(3,4)25-16-15-23-22-9-7-8-10-27(22)34-29(23)28(24)25/h7-17,33H,1H2,2-6H3/b13-11-,21-19-. The van der Waals surface area contributed by atoms with Crippen LogP contribution in [0.1, 0.15) is 51.3 Å². The Morgan fingerprint density at radius 1 is 1.00 bits per heavy atom. The van der Waals surface area contributed by atoms with Crippen molar-refractivity contribution in [2.75, 3.05) is 0 Å². The Hall–Kier alpha value is -3.07. The first kappa shape index (κ1) is 22.7. The lowest BCUT2D eigenvalue weighted by Crippen LogP contribution is -2.21. The predicted molar refractivity (Wildman–Crippen MR) is 144 cm³/mol. The van der Waals surface area contributed by atoms with Crippen molar-refractivity contribution in [3.63, 3.8) is 0 Å². The van der Waals surface area contributed by atoms with Crippen LogP contribution in [0, 0.1) is 0 Å². The van der Waals surface area contributed by atoms with Gasteiger partial charge >= 0.3 is 0 Å². The highest BCUT2D eigenvalue weighted by atomic mass is 35.5. The number of furan rings is 1. The van der Waals surface area contributed by atoms with Gasteiger partial charge in [-0.05, 0) is 72.4 Å². The van der Waals surface area contributed by atoms with E-state index in [0.717, 1.165) is 38.6 Å². The Bertz CT molecular complexity index is 1540. The van der Waals surface area contributed by atoms with Crippen LogP contribution in [0.5, 0.6) is 0 Å². The van der Waals surface area contributed by atoms with Gasteiger partial charge in [-0.15, -0.1) is 0 Å². The van der Waals surface area contributed by atoms with Crippen molar-refractivity contribution < 1.29 is 9.52 Å². The highest BCUT2D eigenvalue weighted by Gasteiger charge is 2.38. The zero-order valence-corrected chi connectivity index (χ0v) is 21.0. The van der Waals surface area contributed by atoms with Crippen LogP contribution < -0.4 is 0 Å². The number of aliphatic hydroxyl groups is 1. The van der Waals surface area contributed by atoms with Gasteiger partial charge in [-0.2, -0.15) is 0 Å². The van der Waals surface area contributed by atoms with Crippen LogP contribution in [0.25, 0.3) is 38.6 Å². The molecule has 0 unspecified atom stereocenters. The lowest BCUT2D eigenvalue weighted by molar-refractivity contribution is 0.120. The molecule has 0 amide bonds. The summed E-state index contributed by atoms with van der Waals surface area (Å²) < 4.78 is 6.39. The van der Waals surface area contributed by atoms with Crippen molar-refractivity contribution in [2.24, 2.45) is 0 Å². The molecule has 1 aliphatic rings. The third kappa shape index (κ3) is 3.45. The summed E-state index contributed by atoms with van der Waals surface area (Å²) in [6, 6.07) is 19.2. The summed E-state index contributed by atoms with van der Waals surface area (Å²) in [6.45, 7) is 13.9. The van der Waals surface area contributed by atoms with Crippen molar-refractivity contribution >= 4 is 39.1 Å². The molecule has 0 saturated carbocycles. The first-order valence-corrected chi connectivity index (χ1v) is 11.9. The number of benzene rings is 3. The zero-order valence-electron chi connectivity index (χ0n) is 20.3. The maximum Gasteiger partial charge on any atom is 0.143 e. The van der Waals surface area contributed by atoms with Gasteiger partial charge in [0, 0.05) is 26.8 Å². The highest BCUT2D eigenvalue weighted by molar-refractivity contribution is 6.30. The van der Waals surface area contributed by atoms with Gasteiger partial charge in [-0.1, -0.05) is 80.6 Å². The molecule has 0 spiro atoms. The average molecular weight is 469 g/mol. The molecule has 34 heavy (non-hydrogen) atoms. The van der Waals surface area contributed by atoms with Crippen LogP contribution in [0.3, 0.4) is 0 Å². The van der Waals surface area contributed by atoms with E-state index in [2.05, 4.69) is 62.9 Å². The predicted octanol–water partition coefficient (Wildman–Crippen LogP) is 8.75. The lowest BCUT2D eigenvalue weighted by Gasteiger charge is -2.24. The number of para-hydroxylation sites is 1. The van der Waals surface area contributed by atoms with Crippen LogP contribution in [0.4, 0.5) is 0 Å². The van der Waals surface area contributed by atoms with E-state index in [0.29, 0.717) is 5.03 Å². The molecule has 5 rings (SSSR count). The summed E-state index contributed by atoms with van der Waals surface area (Å²) in [5.41, 5.74) is 8.42. The summed E-state index contributed by atoms with van der Waals surface area (Å²) >= 11 is 6.04. The first-order valence-electron chi connectivity index (χ1n) is 11.6. The normalized spacial score (nSPS) is 15.6. The van der Waals surface area contributed by atoms with E-state index in [9.17, 15) is 5.11 Å². The fourth-order valence-electron chi connectivity index (χ4n) is 5.11. The van der Waals surface area contributed by atoms with E-state index in [4.69, 9.17) is 16.0 Å². The second-order valence-electron chi connectivity index (χ2n) is 10.2. The molecule has 172 valence electrons. The lowest BCUT2D eigenvalue weighted by atomic mass is 9.81. The molecule has 0 saturated heterocycles. The van der Waals surface area contributed by atoms with Gasteiger partial charge in [-0.25, -0.2) is 0 Å². The summed E-state index contributed by atoms with van der Waals surface area (Å²) in [6.07, 6.45) is 3.72. The van der Waals surface area contributed by atoms with Crippen molar-refractivity contribution in [3.05, 3.63) is 101 Å². The first-order chi connectivity index (χ1) is 16.0. The summed E-state index contributed by atoms with van der Waals surface area (Å²) in [7, 11) is 0. The van der Waals surface area contributed by atoms with Gasteiger partial charge in [0.05, 0.1) is 5.60 Å². The zero-order chi connectivity index (χ0) is 24.4. The van der Waals surface area contributed by atoms with E-state index in [-0.39, 0.29) is 5.41 Å². The fourth-order valence-corrected chi connectivity index (χ4v) is 5.17. The molecule has 1 heterocycles. The maximum absolute atomic E-state index is 10.7. The molecule has 0 aliphatic heterocycles. The number of hydrogen-bond acceptors (Lipinski definition) is 2. The quantitative estimate of drug-likeness (QED) is 0.303. The average Bonchev–Trinajstić information content (AvgIpc) is 3.26. The molecule has 0 radical (unpaired) electrons. The van der Waals surface area contributed by atoms with E-state index in [1.807, 2.05) is 25.1 Å². The Morgan fingerprint density at radius 2 is 1.74 bits per heavy atom. The SMILES string of the molecule is C=C(Cl)/C=C\C(=C(/C)C(C)(C)O)c1ccc2c(c1)C(C)(C)c1ccc3c(oc4ccccc43)c1-2. The van der Waals surface area contributed by atoms with Crippen molar-refractivity contribution in [2.45, 2.75) is 45.6 Å². The van der Waals surface area contributed by atoms with Gasteiger partial charge in [0.1, 0.15) is 11.2 Å². The Balaban J connectivity index is 1.77. The largest absolute Gasteiger partial charge is 0.455 e. The molecule has 4 aromatic rings. The minimum Gasteiger partial charge on any atom is -0.455 e. The van der Waals surface area contributed by atoms with E-state index < -0.39 is 5.60 Å². The van der Waals surface area contributed by atoms with E-state index in [1.165, 1.54) is 22.3 Å². The molecule has 0 atom stereocenters. The maximum atomic E-state index is 10.7. The second kappa shape index (κ2) is 7.73. The van der Waals surface area contributed by atoms with Crippen LogP contribution in [0.15, 0.2) is 88.4 Å². The molecule has 1 N–H and O–H groups in total. The minimum atomic E-state index is -0.967. The van der Waals surface area contributed by atoms with Crippen LogP contribution in [0.2, 0.25) is 0 Å². The van der Waals surface area contributed by atoms with Crippen LogP contribution in [-0.4, -0.2) is 10.7 Å². The Labute approximate surface area is 205 Å². The highest BCUT2D eigenvalue weighted by Crippen LogP contribution is 2.53. The summed E-state index contributed by atoms with van der Waals surface area (Å²) in [5.74, 6) is 0. The monoisotopic (exact) mass is 468 g/mol. The molecule has 1 aliphatic carbocycles. The van der Waals surface area contributed by atoms with Gasteiger partial charge < -0.3 is 9.52 Å². The fraction of sp³-hybridized carbons (Fsp3) is 0.226. The number of hydrogen-bond donors (Lipinski definition) is 1. The molecular weight excluding hydrogens is 440 g/mol. The number of halogens is 1. The Morgan fingerprint density at radius 3 is 2.44 bits per heavy atom. The smallest absolute Gasteiger partial charge is 0.143 e.